The van der Waals surface area contributed by atoms with Crippen LogP contribution in [0.2, 0.25) is 0 Å². The number of rotatable bonds is 9. The summed E-state index contributed by atoms with van der Waals surface area (Å²) in [5.41, 5.74) is -0.797. The first-order chi connectivity index (χ1) is 19.3. The monoisotopic (exact) mass is 568 g/mol. The molecule has 2 aliphatic rings. The number of hydrogen-bond acceptors (Lipinski definition) is 5. The Hall–Kier alpha value is -3.96. The zero-order valence-electron chi connectivity index (χ0n) is 22.9. The summed E-state index contributed by atoms with van der Waals surface area (Å²) in [6.45, 7) is 3.13. The van der Waals surface area contributed by atoms with E-state index < -0.39 is 41.8 Å². The van der Waals surface area contributed by atoms with E-state index in [9.17, 15) is 27.6 Å². The normalized spacial score (nSPS) is 19.1. The predicted molar refractivity (Wildman–Crippen MR) is 147 cm³/mol. The van der Waals surface area contributed by atoms with Gasteiger partial charge in [-0.3, -0.25) is 10.1 Å². The summed E-state index contributed by atoms with van der Waals surface area (Å²) in [6, 6.07) is 11.5. The van der Waals surface area contributed by atoms with E-state index in [0.717, 1.165) is 37.1 Å². The zero-order chi connectivity index (χ0) is 29.8. The molecule has 1 unspecified atom stereocenters. The maximum absolute atomic E-state index is 14.5. The fourth-order valence-corrected chi connectivity index (χ4v) is 4.98. The number of piperidine rings is 1. The van der Waals surface area contributed by atoms with E-state index in [1.54, 1.807) is 12.1 Å². The molecule has 0 spiro atoms. The minimum Gasteiger partial charge on any atom is -0.336 e. The standard InChI is InChI=1S/C30H32F4N6O/c1-28(2,31)17-24(27(41)39-29(18-35)14-15-29)38-26(30(32,33)34)22-8-6-20(7-9-22)21-10-12-23(13-11-21)40-16-4-3-5-25(40)37-19-36/h6-13,24,26,38H,3-5,14-17H2,1-2H3,(H,39,41)/b37-25+/t24?,26-/m0/s1. The Morgan fingerprint density at radius 2 is 1.63 bits per heavy atom. The van der Waals surface area contributed by atoms with Crippen LogP contribution in [-0.2, 0) is 4.79 Å². The number of carbonyl (C=O) groups excluding carboxylic acids is 1. The number of nitrogens with zero attached hydrogens (tertiary/aromatic N) is 4. The summed E-state index contributed by atoms with van der Waals surface area (Å²) in [7, 11) is 0. The summed E-state index contributed by atoms with van der Waals surface area (Å²) in [6.07, 6.45) is 0.0389. The Morgan fingerprint density at radius 3 is 2.15 bits per heavy atom. The van der Waals surface area contributed by atoms with Crippen molar-refractivity contribution in [1.29, 1.82) is 10.5 Å². The number of hydrogen-bond donors (Lipinski definition) is 2. The van der Waals surface area contributed by atoms with Crippen LogP contribution in [0.3, 0.4) is 0 Å². The van der Waals surface area contributed by atoms with Crippen LogP contribution in [0.25, 0.3) is 11.1 Å². The summed E-state index contributed by atoms with van der Waals surface area (Å²) < 4.78 is 57.2. The van der Waals surface area contributed by atoms with E-state index in [0.29, 0.717) is 24.2 Å². The van der Waals surface area contributed by atoms with E-state index in [1.165, 1.54) is 26.0 Å². The SMILES string of the molecule is CC(C)(F)CC(N[C@@H](c1ccc(-c2ccc(N3CCCC/C3=N\C#N)cc2)cc1)C(F)(F)F)C(=O)NC1(C#N)CC1. The van der Waals surface area contributed by atoms with Crippen LogP contribution in [0.1, 0.15) is 64.0 Å². The van der Waals surface area contributed by atoms with Crippen LogP contribution >= 0.6 is 0 Å². The fourth-order valence-electron chi connectivity index (χ4n) is 4.98. The summed E-state index contributed by atoms with van der Waals surface area (Å²) in [5, 5.41) is 23.1. The van der Waals surface area contributed by atoms with Crippen LogP contribution < -0.4 is 15.5 Å². The molecule has 1 aliphatic carbocycles. The van der Waals surface area contributed by atoms with Crippen molar-refractivity contribution >= 4 is 17.4 Å². The Bertz CT molecular complexity index is 1350. The van der Waals surface area contributed by atoms with E-state index in [-0.39, 0.29) is 5.56 Å². The van der Waals surface area contributed by atoms with Gasteiger partial charge in [-0.05, 0) is 68.4 Å². The van der Waals surface area contributed by atoms with Gasteiger partial charge in [-0.25, -0.2) is 4.39 Å². The largest absolute Gasteiger partial charge is 0.407 e. The van der Waals surface area contributed by atoms with Gasteiger partial charge in [-0.15, -0.1) is 0 Å². The molecular weight excluding hydrogens is 536 g/mol. The van der Waals surface area contributed by atoms with Gasteiger partial charge in [0, 0.05) is 25.1 Å². The van der Waals surface area contributed by atoms with Crippen molar-refractivity contribution < 1.29 is 22.4 Å². The number of amidine groups is 1. The molecule has 216 valence electrons. The molecule has 1 aliphatic heterocycles. The summed E-state index contributed by atoms with van der Waals surface area (Å²) in [4.78, 5) is 18.8. The molecule has 7 nitrogen and oxygen atoms in total. The number of benzene rings is 2. The third kappa shape index (κ3) is 7.62. The Kier molecular flexibility index (Phi) is 8.69. The van der Waals surface area contributed by atoms with E-state index in [1.807, 2.05) is 41.4 Å². The minimum absolute atomic E-state index is 0.126. The van der Waals surface area contributed by atoms with Gasteiger partial charge in [-0.2, -0.15) is 28.7 Å². The van der Waals surface area contributed by atoms with Crippen LogP contribution in [0.15, 0.2) is 53.5 Å². The number of alkyl halides is 4. The van der Waals surface area contributed by atoms with Crippen LogP contribution in [-0.4, -0.2) is 41.7 Å². The molecule has 4 rings (SSSR count). The van der Waals surface area contributed by atoms with Gasteiger partial charge in [0.15, 0.2) is 0 Å². The van der Waals surface area contributed by atoms with Crippen molar-refractivity contribution in [1.82, 2.24) is 10.6 Å². The molecule has 2 atom stereocenters. The van der Waals surface area contributed by atoms with E-state index in [2.05, 4.69) is 15.6 Å². The predicted octanol–water partition coefficient (Wildman–Crippen LogP) is 6.10. The average Bonchev–Trinajstić information content (AvgIpc) is 3.70. The lowest BCUT2D eigenvalue weighted by Gasteiger charge is -2.30. The van der Waals surface area contributed by atoms with Gasteiger partial charge < -0.3 is 10.2 Å². The Balaban J connectivity index is 1.54. The molecule has 0 aromatic heterocycles. The lowest BCUT2D eigenvalue weighted by Crippen LogP contribution is -2.53. The van der Waals surface area contributed by atoms with Gasteiger partial charge in [0.2, 0.25) is 12.1 Å². The highest BCUT2D eigenvalue weighted by molar-refractivity contribution is 5.99. The quantitative estimate of drug-likeness (QED) is 0.281. The highest BCUT2D eigenvalue weighted by atomic mass is 19.4. The number of nitrogens with one attached hydrogen (secondary N) is 2. The minimum atomic E-state index is -4.77. The number of nitriles is 2. The van der Waals surface area contributed by atoms with Crippen molar-refractivity contribution in [2.24, 2.45) is 4.99 Å². The van der Waals surface area contributed by atoms with Crippen molar-refractivity contribution in [2.45, 2.75) is 81.8 Å². The smallest absolute Gasteiger partial charge is 0.336 e. The second-order valence-electron chi connectivity index (χ2n) is 11.2. The van der Waals surface area contributed by atoms with Crippen LogP contribution in [0.5, 0.6) is 0 Å². The molecule has 2 fully saturated rings. The maximum Gasteiger partial charge on any atom is 0.407 e. The number of anilines is 1. The number of carbonyl (C=O) groups is 1. The molecule has 2 aromatic carbocycles. The summed E-state index contributed by atoms with van der Waals surface area (Å²) >= 11 is 0. The maximum atomic E-state index is 14.5. The average molecular weight is 569 g/mol. The lowest BCUT2D eigenvalue weighted by atomic mass is 9.96. The van der Waals surface area contributed by atoms with Gasteiger partial charge in [-0.1, -0.05) is 36.4 Å². The molecule has 0 radical (unpaired) electrons. The molecule has 1 heterocycles. The molecule has 1 saturated carbocycles. The third-order valence-electron chi connectivity index (χ3n) is 7.31. The molecule has 1 saturated heterocycles. The van der Waals surface area contributed by atoms with Gasteiger partial charge in [0.05, 0.1) is 12.1 Å². The first-order valence-corrected chi connectivity index (χ1v) is 13.5. The zero-order valence-corrected chi connectivity index (χ0v) is 22.9. The highest BCUT2D eigenvalue weighted by Crippen LogP contribution is 2.37. The van der Waals surface area contributed by atoms with E-state index in [4.69, 9.17) is 5.26 Å². The first kappa shape index (κ1) is 30.0. The van der Waals surface area contributed by atoms with Gasteiger partial charge in [0.25, 0.3) is 0 Å². The van der Waals surface area contributed by atoms with E-state index >= 15 is 0 Å². The molecule has 41 heavy (non-hydrogen) atoms. The van der Waals surface area contributed by atoms with Crippen LogP contribution in [0.4, 0.5) is 23.2 Å². The molecule has 2 aromatic rings. The molecular formula is C30H32F4N6O. The van der Waals surface area contributed by atoms with Crippen LogP contribution in [0, 0.1) is 22.8 Å². The Labute approximate surface area is 236 Å². The van der Waals surface area contributed by atoms with Crippen molar-refractivity contribution in [3.63, 3.8) is 0 Å². The first-order valence-electron chi connectivity index (χ1n) is 13.5. The fraction of sp³-hybridized carbons (Fsp3) is 0.467. The highest BCUT2D eigenvalue weighted by Gasteiger charge is 2.48. The molecule has 1 amide bonds. The molecule has 11 heteroatoms. The van der Waals surface area contributed by atoms with Crippen molar-refractivity contribution in [2.75, 3.05) is 11.4 Å². The third-order valence-corrected chi connectivity index (χ3v) is 7.31. The Morgan fingerprint density at radius 1 is 1.02 bits per heavy atom. The number of halogens is 4. The van der Waals surface area contributed by atoms with Crippen molar-refractivity contribution in [3.8, 4) is 23.4 Å². The second kappa shape index (κ2) is 11.9. The molecule has 2 N–H and O–H groups in total. The second-order valence-corrected chi connectivity index (χ2v) is 11.2. The molecule has 0 bridgehead atoms. The van der Waals surface area contributed by atoms with Gasteiger partial charge >= 0.3 is 6.18 Å². The van der Waals surface area contributed by atoms with Gasteiger partial charge in [0.1, 0.15) is 23.1 Å². The number of amides is 1. The lowest BCUT2D eigenvalue weighted by molar-refractivity contribution is -0.161. The summed E-state index contributed by atoms with van der Waals surface area (Å²) in [5.74, 6) is -0.123. The number of aliphatic imine (C=N–C) groups is 1. The van der Waals surface area contributed by atoms with Crippen molar-refractivity contribution in [3.05, 3.63) is 54.1 Å². The topological polar surface area (TPSA) is 104 Å².